The summed E-state index contributed by atoms with van der Waals surface area (Å²) in [5, 5.41) is 2.66. The molecule has 0 aromatic heterocycles. The maximum absolute atomic E-state index is 11.0. The third-order valence-corrected chi connectivity index (χ3v) is 2.43. The van der Waals surface area contributed by atoms with E-state index in [0.29, 0.717) is 6.54 Å². The van der Waals surface area contributed by atoms with Crippen molar-refractivity contribution in [1.82, 2.24) is 5.32 Å². The molecule has 0 unspecified atom stereocenters. The van der Waals surface area contributed by atoms with Gasteiger partial charge in [0.25, 0.3) is 12.5 Å². The fourth-order valence-corrected chi connectivity index (χ4v) is 1.39. The van der Waals surface area contributed by atoms with E-state index in [0.717, 1.165) is 10.0 Å². The summed E-state index contributed by atoms with van der Waals surface area (Å²) >= 11 is 3.37. The minimum atomic E-state index is -0.240. The fourth-order valence-electron chi connectivity index (χ4n) is 0.963. The number of hydrogen-bond acceptors (Lipinski definition) is 1. The molecule has 0 heterocycles. The number of carbonyl (C=O) groups is 1. The van der Waals surface area contributed by atoms with E-state index in [1.165, 1.54) is 0 Å². The number of nitrogens with zero attached hydrogens (tertiary/aromatic N) is 1. The smallest absolute Gasteiger partial charge is 0.300 e. The Morgan fingerprint density at radius 1 is 1.50 bits per heavy atom. The second kappa shape index (κ2) is 5.40. The number of carbonyl (C=O) groups excluding carboxylic acids is 1. The Morgan fingerprint density at radius 3 is 2.86 bits per heavy atom. The highest BCUT2D eigenvalue weighted by Gasteiger charge is 2.04. The molecule has 72 valence electrons. The van der Waals surface area contributed by atoms with Crippen LogP contribution in [0, 0.1) is 6.57 Å². The molecular weight excluding hydrogens is 244 g/mol. The Bertz CT molecular complexity index is 371. The van der Waals surface area contributed by atoms with E-state index in [4.69, 9.17) is 6.57 Å². The van der Waals surface area contributed by atoms with Crippen LogP contribution < -0.4 is 5.32 Å². The lowest BCUT2D eigenvalue weighted by atomic mass is 10.2. The van der Waals surface area contributed by atoms with E-state index < -0.39 is 0 Å². The zero-order valence-electron chi connectivity index (χ0n) is 7.46. The number of hydrogen-bond donors (Lipinski definition) is 1. The van der Waals surface area contributed by atoms with Crippen LogP contribution in [0.25, 0.3) is 4.85 Å². The fraction of sp³-hybridized carbons (Fsp3) is 0.200. The van der Waals surface area contributed by atoms with Crippen molar-refractivity contribution in [1.29, 1.82) is 0 Å². The largest absolute Gasteiger partial charge is 0.346 e. The molecule has 0 saturated heterocycles. The van der Waals surface area contributed by atoms with Gasteiger partial charge in [-0.05, 0) is 11.6 Å². The van der Waals surface area contributed by atoms with Gasteiger partial charge in [0.05, 0.1) is 0 Å². The first-order valence-corrected chi connectivity index (χ1v) is 4.86. The van der Waals surface area contributed by atoms with Crippen LogP contribution >= 0.6 is 15.9 Å². The van der Waals surface area contributed by atoms with Crippen molar-refractivity contribution >= 4 is 21.8 Å². The molecule has 1 aromatic rings. The van der Waals surface area contributed by atoms with Crippen molar-refractivity contribution in [3.8, 4) is 0 Å². The lowest BCUT2D eigenvalue weighted by Gasteiger charge is -2.03. The highest BCUT2D eigenvalue weighted by atomic mass is 79.9. The maximum atomic E-state index is 11.0. The molecule has 0 radical (unpaired) electrons. The van der Waals surface area contributed by atoms with Crippen molar-refractivity contribution < 1.29 is 4.79 Å². The molecule has 0 saturated carbocycles. The van der Waals surface area contributed by atoms with Crippen LogP contribution in [0.3, 0.4) is 0 Å². The highest BCUT2D eigenvalue weighted by Crippen LogP contribution is 2.15. The molecule has 0 aliphatic carbocycles. The maximum Gasteiger partial charge on any atom is 0.300 e. The van der Waals surface area contributed by atoms with Crippen molar-refractivity contribution in [2.45, 2.75) is 6.54 Å². The van der Waals surface area contributed by atoms with Gasteiger partial charge in [0, 0.05) is 11.0 Å². The van der Waals surface area contributed by atoms with Gasteiger partial charge in [0.2, 0.25) is 0 Å². The second-order valence-electron chi connectivity index (χ2n) is 2.68. The Hall–Kier alpha value is -1.34. The molecular formula is C10H9BrN2O. The van der Waals surface area contributed by atoms with Crippen LogP contribution in [0.4, 0.5) is 0 Å². The molecule has 3 nitrogen and oxygen atoms in total. The van der Waals surface area contributed by atoms with E-state index in [1.807, 2.05) is 24.3 Å². The summed E-state index contributed by atoms with van der Waals surface area (Å²) in [6.07, 6.45) is 0. The van der Waals surface area contributed by atoms with Gasteiger partial charge in [0.1, 0.15) is 0 Å². The number of benzene rings is 1. The quantitative estimate of drug-likeness (QED) is 0.821. The van der Waals surface area contributed by atoms with Gasteiger partial charge in [-0.3, -0.25) is 4.79 Å². The van der Waals surface area contributed by atoms with E-state index in [-0.39, 0.29) is 12.5 Å². The Kier molecular flexibility index (Phi) is 4.14. The third kappa shape index (κ3) is 3.19. The van der Waals surface area contributed by atoms with Crippen molar-refractivity contribution in [2.75, 3.05) is 6.54 Å². The summed E-state index contributed by atoms with van der Waals surface area (Å²) in [6, 6.07) is 7.65. The van der Waals surface area contributed by atoms with E-state index in [2.05, 4.69) is 26.1 Å². The number of rotatable bonds is 3. The minimum absolute atomic E-state index is 0.107. The first-order valence-electron chi connectivity index (χ1n) is 4.07. The number of nitrogens with one attached hydrogen (secondary N) is 1. The summed E-state index contributed by atoms with van der Waals surface area (Å²) in [5.74, 6) is -0.240. The van der Waals surface area contributed by atoms with E-state index in [9.17, 15) is 4.79 Å². The molecule has 4 heteroatoms. The lowest BCUT2D eigenvalue weighted by molar-refractivity contribution is -0.119. The molecule has 0 fully saturated rings. The Morgan fingerprint density at radius 2 is 2.21 bits per heavy atom. The molecule has 1 amide bonds. The van der Waals surface area contributed by atoms with Gasteiger partial charge in [-0.1, -0.05) is 34.1 Å². The van der Waals surface area contributed by atoms with E-state index in [1.54, 1.807) is 0 Å². The van der Waals surface area contributed by atoms with E-state index >= 15 is 0 Å². The SMILES string of the molecule is [C-]#[N+]CC(=O)NCc1ccccc1Br. The zero-order valence-corrected chi connectivity index (χ0v) is 9.04. The van der Waals surface area contributed by atoms with Gasteiger partial charge in [-0.2, -0.15) is 0 Å². The predicted octanol–water partition coefficient (Wildman–Crippen LogP) is 1.98. The monoisotopic (exact) mass is 252 g/mol. The molecule has 14 heavy (non-hydrogen) atoms. The molecule has 0 bridgehead atoms. The standard InChI is InChI=1S/C10H9BrN2O/c1-12-7-10(14)13-6-8-4-2-3-5-9(8)11/h2-5H,6-7H2,(H,13,14). The van der Waals surface area contributed by atoms with Gasteiger partial charge in [0.15, 0.2) is 0 Å². The number of amides is 1. The van der Waals surface area contributed by atoms with Gasteiger partial charge in [-0.25, -0.2) is 6.57 Å². The lowest BCUT2D eigenvalue weighted by Crippen LogP contribution is -2.24. The average Bonchev–Trinajstić information content (AvgIpc) is 2.17. The topological polar surface area (TPSA) is 33.5 Å². The van der Waals surface area contributed by atoms with Crippen LogP contribution in [0.15, 0.2) is 28.7 Å². The van der Waals surface area contributed by atoms with Crippen LogP contribution in [-0.4, -0.2) is 12.5 Å². The van der Waals surface area contributed by atoms with Crippen LogP contribution in [0.2, 0.25) is 0 Å². The van der Waals surface area contributed by atoms with Crippen molar-refractivity contribution in [3.05, 3.63) is 45.7 Å². The van der Waals surface area contributed by atoms with Crippen LogP contribution in [-0.2, 0) is 11.3 Å². The first-order chi connectivity index (χ1) is 6.74. The summed E-state index contributed by atoms with van der Waals surface area (Å²) in [7, 11) is 0. The molecule has 1 rings (SSSR count). The molecule has 0 aliphatic heterocycles. The first kappa shape index (κ1) is 10.7. The second-order valence-corrected chi connectivity index (χ2v) is 3.54. The molecule has 0 spiro atoms. The normalized spacial score (nSPS) is 9.14. The van der Waals surface area contributed by atoms with Crippen LogP contribution in [0.5, 0.6) is 0 Å². The molecule has 0 atom stereocenters. The van der Waals surface area contributed by atoms with Crippen molar-refractivity contribution in [2.24, 2.45) is 0 Å². The molecule has 0 aliphatic rings. The van der Waals surface area contributed by atoms with Gasteiger partial charge in [-0.15, -0.1) is 0 Å². The summed E-state index contributed by atoms with van der Waals surface area (Å²) in [5.41, 5.74) is 1.01. The average molecular weight is 253 g/mol. The minimum Gasteiger partial charge on any atom is -0.346 e. The molecule has 1 aromatic carbocycles. The van der Waals surface area contributed by atoms with Gasteiger partial charge >= 0.3 is 0 Å². The van der Waals surface area contributed by atoms with Crippen LogP contribution in [0.1, 0.15) is 5.56 Å². The zero-order chi connectivity index (χ0) is 10.4. The summed E-state index contributed by atoms with van der Waals surface area (Å²) < 4.78 is 0.961. The number of halogens is 1. The third-order valence-electron chi connectivity index (χ3n) is 1.66. The Labute approximate surface area is 91.1 Å². The summed E-state index contributed by atoms with van der Waals surface area (Å²) in [4.78, 5) is 14.0. The highest BCUT2D eigenvalue weighted by molar-refractivity contribution is 9.10. The van der Waals surface area contributed by atoms with Crippen molar-refractivity contribution in [3.63, 3.8) is 0 Å². The van der Waals surface area contributed by atoms with Gasteiger partial charge < -0.3 is 10.2 Å². The summed E-state index contributed by atoms with van der Waals surface area (Å²) in [6.45, 7) is 6.86. The Balaban J connectivity index is 2.51. The molecule has 1 N–H and O–H groups in total. The predicted molar refractivity (Wildman–Crippen MR) is 57.5 cm³/mol.